The minimum Gasteiger partial charge on any atom is -0.462 e. The van der Waals surface area contributed by atoms with Gasteiger partial charge in [0.15, 0.2) is 5.03 Å². The lowest BCUT2D eigenvalue weighted by Crippen LogP contribution is -2.18. The first kappa shape index (κ1) is 17.8. The number of H-pyrrole nitrogens is 1. The van der Waals surface area contributed by atoms with E-state index >= 15 is 0 Å². The van der Waals surface area contributed by atoms with Crippen molar-refractivity contribution in [2.24, 2.45) is 0 Å². The van der Waals surface area contributed by atoms with Crippen molar-refractivity contribution in [2.75, 3.05) is 11.3 Å². The number of anilines is 1. The number of rotatable bonds is 5. The molecule has 130 valence electrons. The predicted molar refractivity (Wildman–Crippen MR) is 76.8 cm³/mol. The lowest BCUT2D eigenvalue weighted by molar-refractivity contribution is -0.137. The molecule has 0 unspecified atom stereocenters. The minimum absolute atomic E-state index is 0.0184. The highest BCUT2D eigenvalue weighted by Crippen LogP contribution is 2.31. The van der Waals surface area contributed by atoms with Gasteiger partial charge in [0.05, 0.1) is 18.4 Å². The number of nitrogens with zero attached hydrogens (tertiary/aromatic N) is 1. The molecular weight excluding hydrogens is 351 g/mol. The van der Waals surface area contributed by atoms with Crippen LogP contribution in [0.4, 0.5) is 18.9 Å². The standard InChI is InChI=1S/C13H12F3N3O4S/c1-2-23-12(20)10-7-17-18-11(10)24(21,22)19-9-5-3-4-8(6-9)13(14,15)16/h3-7,19H,2H2,1H3,(H,17,18). The third-order valence-electron chi connectivity index (χ3n) is 2.81. The Balaban J connectivity index is 2.34. The summed E-state index contributed by atoms with van der Waals surface area (Å²) >= 11 is 0. The van der Waals surface area contributed by atoms with Gasteiger partial charge in [-0.05, 0) is 25.1 Å². The van der Waals surface area contributed by atoms with E-state index < -0.39 is 32.8 Å². The van der Waals surface area contributed by atoms with Crippen LogP contribution in [-0.2, 0) is 20.9 Å². The molecular formula is C13H12F3N3O4S. The maximum absolute atomic E-state index is 12.7. The van der Waals surface area contributed by atoms with Crippen LogP contribution in [0.2, 0.25) is 0 Å². The Morgan fingerprint density at radius 2 is 2.08 bits per heavy atom. The molecule has 0 fully saturated rings. The summed E-state index contributed by atoms with van der Waals surface area (Å²) < 4.78 is 69.2. The van der Waals surface area contributed by atoms with Crippen molar-refractivity contribution in [2.45, 2.75) is 18.1 Å². The zero-order valence-corrected chi connectivity index (χ0v) is 13.0. The van der Waals surface area contributed by atoms with E-state index in [9.17, 15) is 26.4 Å². The first-order chi connectivity index (χ1) is 11.1. The van der Waals surface area contributed by atoms with E-state index in [1.54, 1.807) is 0 Å². The molecule has 0 saturated heterocycles. The third kappa shape index (κ3) is 3.85. The highest BCUT2D eigenvalue weighted by molar-refractivity contribution is 7.92. The quantitative estimate of drug-likeness (QED) is 0.795. The van der Waals surface area contributed by atoms with Gasteiger partial charge in [-0.3, -0.25) is 9.82 Å². The van der Waals surface area contributed by atoms with Crippen LogP contribution in [0.1, 0.15) is 22.8 Å². The second-order valence-electron chi connectivity index (χ2n) is 4.52. The van der Waals surface area contributed by atoms with E-state index in [1.165, 1.54) is 6.92 Å². The monoisotopic (exact) mass is 363 g/mol. The van der Waals surface area contributed by atoms with Gasteiger partial charge in [0.2, 0.25) is 0 Å². The number of alkyl halides is 3. The Labute approximate surface area is 134 Å². The average molecular weight is 363 g/mol. The van der Waals surface area contributed by atoms with E-state index in [4.69, 9.17) is 4.74 Å². The number of hydrogen-bond donors (Lipinski definition) is 2. The van der Waals surface area contributed by atoms with Crippen molar-refractivity contribution in [3.05, 3.63) is 41.6 Å². The Hall–Kier alpha value is -2.56. The highest BCUT2D eigenvalue weighted by atomic mass is 32.2. The van der Waals surface area contributed by atoms with E-state index in [2.05, 4.69) is 10.2 Å². The number of aromatic nitrogens is 2. The smallest absolute Gasteiger partial charge is 0.416 e. The van der Waals surface area contributed by atoms with Crippen molar-refractivity contribution in [1.82, 2.24) is 10.2 Å². The normalized spacial score (nSPS) is 12.0. The molecule has 11 heteroatoms. The molecule has 2 aromatic rings. The molecule has 0 spiro atoms. The van der Waals surface area contributed by atoms with E-state index in [0.717, 1.165) is 24.4 Å². The van der Waals surface area contributed by atoms with Gasteiger partial charge in [0, 0.05) is 5.69 Å². The topological polar surface area (TPSA) is 101 Å². The maximum atomic E-state index is 12.7. The van der Waals surface area contributed by atoms with Crippen molar-refractivity contribution in [3.63, 3.8) is 0 Å². The Bertz CT molecular complexity index is 846. The number of hydrogen-bond acceptors (Lipinski definition) is 5. The lowest BCUT2D eigenvalue weighted by atomic mass is 10.2. The van der Waals surface area contributed by atoms with Crippen LogP contribution in [0.25, 0.3) is 0 Å². The first-order valence-electron chi connectivity index (χ1n) is 6.55. The highest BCUT2D eigenvalue weighted by Gasteiger charge is 2.31. The summed E-state index contributed by atoms with van der Waals surface area (Å²) in [6.45, 7) is 1.55. The summed E-state index contributed by atoms with van der Waals surface area (Å²) in [5.74, 6) is -0.921. The number of carbonyl (C=O) groups is 1. The number of nitrogens with one attached hydrogen (secondary N) is 2. The Kier molecular flexibility index (Phi) is 4.83. The predicted octanol–water partition coefficient (Wildman–Crippen LogP) is 2.41. The zero-order valence-electron chi connectivity index (χ0n) is 12.2. The molecule has 0 saturated carbocycles. The van der Waals surface area contributed by atoms with Crippen LogP contribution in [0.15, 0.2) is 35.5 Å². The van der Waals surface area contributed by atoms with Gasteiger partial charge in [-0.1, -0.05) is 6.07 Å². The molecule has 0 amide bonds. The number of benzene rings is 1. The fourth-order valence-corrected chi connectivity index (χ4v) is 2.94. The van der Waals surface area contributed by atoms with Crippen LogP contribution >= 0.6 is 0 Å². The van der Waals surface area contributed by atoms with Gasteiger partial charge >= 0.3 is 12.1 Å². The van der Waals surface area contributed by atoms with Gasteiger partial charge in [0.1, 0.15) is 5.56 Å². The Morgan fingerprint density at radius 3 is 2.71 bits per heavy atom. The average Bonchev–Trinajstić information content (AvgIpc) is 2.97. The molecule has 7 nitrogen and oxygen atoms in total. The first-order valence-corrected chi connectivity index (χ1v) is 8.04. The van der Waals surface area contributed by atoms with Crippen LogP contribution < -0.4 is 4.72 Å². The van der Waals surface area contributed by atoms with E-state index in [1.807, 2.05) is 4.72 Å². The van der Waals surface area contributed by atoms with Gasteiger partial charge < -0.3 is 4.74 Å². The van der Waals surface area contributed by atoms with Crippen LogP contribution in [-0.4, -0.2) is 31.2 Å². The number of sulfonamides is 1. The lowest BCUT2D eigenvalue weighted by Gasteiger charge is -2.11. The molecule has 0 atom stereocenters. The van der Waals surface area contributed by atoms with Crippen molar-refractivity contribution in [1.29, 1.82) is 0 Å². The summed E-state index contributed by atoms with van der Waals surface area (Å²) in [6, 6.07) is 3.64. The maximum Gasteiger partial charge on any atom is 0.416 e. The molecule has 0 radical (unpaired) electrons. The van der Waals surface area contributed by atoms with E-state index in [-0.39, 0.29) is 17.9 Å². The summed E-state index contributed by atoms with van der Waals surface area (Å²) in [5, 5.41) is 4.99. The molecule has 0 aliphatic heterocycles. The van der Waals surface area contributed by atoms with Gasteiger partial charge in [0.25, 0.3) is 10.0 Å². The molecule has 0 bridgehead atoms. The van der Waals surface area contributed by atoms with Crippen molar-refractivity contribution in [3.8, 4) is 0 Å². The largest absolute Gasteiger partial charge is 0.462 e. The van der Waals surface area contributed by atoms with Crippen molar-refractivity contribution < 1.29 is 31.1 Å². The number of esters is 1. The molecule has 2 N–H and O–H groups in total. The second-order valence-corrected chi connectivity index (χ2v) is 6.14. The van der Waals surface area contributed by atoms with Crippen LogP contribution in [0, 0.1) is 0 Å². The summed E-state index contributed by atoms with van der Waals surface area (Å²) in [4.78, 5) is 11.7. The summed E-state index contributed by atoms with van der Waals surface area (Å²) in [7, 11) is -4.36. The number of ether oxygens (including phenoxy) is 1. The van der Waals surface area contributed by atoms with Gasteiger partial charge in [-0.15, -0.1) is 0 Å². The number of aromatic amines is 1. The molecule has 1 aromatic carbocycles. The SMILES string of the molecule is CCOC(=O)c1cn[nH]c1S(=O)(=O)Nc1cccc(C(F)(F)F)c1. The van der Waals surface area contributed by atoms with E-state index in [0.29, 0.717) is 6.07 Å². The van der Waals surface area contributed by atoms with Crippen LogP contribution in [0.3, 0.4) is 0 Å². The van der Waals surface area contributed by atoms with Crippen molar-refractivity contribution >= 4 is 21.7 Å². The molecule has 1 aromatic heterocycles. The van der Waals surface area contributed by atoms with Gasteiger partial charge in [-0.25, -0.2) is 4.79 Å². The summed E-state index contributed by atoms with van der Waals surface area (Å²) in [6.07, 6.45) is -3.66. The number of carbonyl (C=O) groups excluding carboxylic acids is 1. The summed E-state index contributed by atoms with van der Waals surface area (Å²) in [5.41, 5.74) is -1.68. The number of halogens is 3. The fourth-order valence-electron chi connectivity index (χ4n) is 1.80. The zero-order chi connectivity index (χ0) is 18.0. The fraction of sp³-hybridized carbons (Fsp3) is 0.231. The van der Waals surface area contributed by atoms with Crippen LogP contribution in [0.5, 0.6) is 0 Å². The molecule has 0 aliphatic rings. The Morgan fingerprint density at radius 1 is 1.38 bits per heavy atom. The molecule has 2 rings (SSSR count). The minimum atomic E-state index is -4.62. The third-order valence-corrected chi connectivity index (χ3v) is 4.16. The molecule has 0 aliphatic carbocycles. The molecule has 24 heavy (non-hydrogen) atoms. The van der Waals surface area contributed by atoms with Gasteiger partial charge in [-0.2, -0.15) is 26.7 Å². The molecule has 1 heterocycles. The second kappa shape index (κ2) is 6.51.